The number of anilines is 1. The minimum atomic E-state index is -4.08. The molecule has 0 aliphatic rings. The molecule has 29 heavy (non-hydrogen) atoms. The zero-order chi connectivity index (χ0) is 20.4. The molecule has 148 valence electrons. The van der Waals surface area contributed by atoms with Gasteiger partial charge in [0.1, 0.15) is 5.58 Å². The monoisotopic (exact) mass is 447 g/mol. The molecular weight excluding hydrogens is 434 g/mol. The maximum atomic E-state index is 12.8. The molecule has 1 unspecified atom stereocenters. The van der Waals surface area contributed by atoms with Gasteiger partial charge in [0.25, 0.3) is 10.0 Å². The number of halogens is 1. The SMILES string of the molecule is O=S(Cc1cccnc1)c1ncc(Cl)cc1NS(=O)(=O)c1cc2ccccc2o1. The highest BCUT2D eigenvalue weighted by molar-refractivity contribution is 7.92. The summed E-state index contributed by atoms with van der Waals surface area (Å²) in [7, 11) is -5.71. The predicted molar refractivity (Wildman–Crippen MR) is 111 cm³/mol. The van der Waals surface area contributed by atoms with Crippen LogP contribution in [0.1, 0.15) is 5.56 Å². The van der Waals surface area contributed by atoms with Crippen molar-refractivity contribution in [3.8, 4) is 0 Å². The van der Waals surface area contributed by atoms with Gasteiger partial charge in [0, 0.05) is 30.0 Å². The second-order valence-electron chi connectivity index (χ2n) is 6.07. The van der Waals surface area contributed by atoms with Crippen LogP contribution in [0.2, 0.25) is 5.02 Å². The number of hydrogen-bond acceptors (Lipinski definition) is 6. The van der Waals surface area contributed by atoms with Crippen LogP contribution in [-0.2, 0) is 26.6 Å². The number of benzene rings is 1. The Morgan fingerprint density at radius 2 is 1.93 bits per heavy atom. The number of para-hydroxylation sites is 1. The number of nitrogens with zero attached hydrogens (tertiary/aromatic N) is 2. The fourth-order valence-electron chi connectivity index (χ4n) is 2.67. The lowest BCUT2D eigenvalue weighted by Gasteiger charge is -2.11. The topological polar surface area (TPSA) is 102 Å². The van der Waals surface area contributed by atoms with Gasteiger partial charge in [0.2, 0.25) is 5.09 Å². The minimum Gasteiger partial charge on any atom is -0.443 e. The maximum Gasteiger partial charge on any atom is 0.295 e. The number of fused-ring (bicyclic) bond motifs is 1. The molecule has 0 fully saturated rings. The highest BCUT2D eigenvalue weighted by Gasteiger charge is 2.23. The molecule has 10 heteroatoms. The number of hydrogen-bond donors (Lipinski definition) is 1. The van der Waals surface area contributed by atoms with Crippen LogP contribution < -0.4 is 4.72 Å². The highest BCUT2D eigenvalue weighted by Crippen LogP contribution is 2.28. The summed E-state index contributed by atoms with van der Waals surface area (Å²) >= 11 is 5.99. The quantitative estimate of drug-likeness (QED) is 0.479. The Kier molecular flexibility index (Phi) is 5.35. The van der Waals surface area contributed by atoms with E-state index >= 15 is 0 Å². The molecule has 1 N–H and O–H groups in total. The fourth-order valence-corrected chi connectivity index (χ4v) is 5.06. The minimum absolute atomic E-state index is 0.0279. The van der Waals surface area contributed by atoms with E-state index in [0.717, 1.165) is 5.56 Å². The third kappa shape index (κ3) is 4.31. The Morgan fingerprint density at radius 1 is 1.10 bits per heavy atom. The number of sulfonamides is 1. The first-order valence-corrected chi connectivity index (χ1v) is 11.5. The van der Waals surface area contributed by atoms with Gasteiger partial charge in [-0.25, -0.2) is 4.98 Å². The maximum absolute atomic E-state index is 12.8. The van der Waals surface area contributed by atoms with E-state index in [1.807, 2.05) is 0 Å². The first-order valence-electron chi connectivity index (χ1n) is 8.36. The van der Waals surface area contributed by atoms with Crippen LogP contribution in [0.5, 0.6) is 0 Å². The average Bonchev–Trinajstić information content (AvgIpc) is 3.14. The molecule has 0 saturated heterocycles. The van der Waals surface area contributed by atoms with Gasteiger partial charge in [-0.05, 0) is 23.8 Å². The van der Waals surface area contributed by atoms with Crippen molar-refractivity contribution < 1.29 is 17.0 Å². The molecule has 0 saturated carbocycles. The lowest BCUT2D eigenvalue weighted by molar-refractivity contribution is 0.484. The van der Waals surface area contributed by atoms with Gasteiger partial charge in [-0.2, -0.15) is 8.42 Å². The molecule has 0 aliphatic carbocycles. The van der Waals surface area contributed by atoms with E-state index in [-0.39, 0.29) is 26.6 Å². The standard InChI is InChI=1S/C19H14ClN3O4S2/c20-15-9-16(19(22-11-15)28(24)12-13-4-3-7-21-10-13)23-29(25,26)18-8-14-5-1-2-6-17(14)27-18/h1-11,23H,12H2. The molecule has 4 aromatic rings. The van der Waals surface area contributed by atoms with Crippen molar-refractivity contribution in [1.82, 2.24) is 9.97 Å². The molecule has 4 rings (SSSR count). The zero-order valence-corrected chi connectivity index (χ0v) is 17.2. The second kappa shape index (κ2) is 7.94. The van der Waals surface area contributed by atoms with E-state index in [1.165, 1.54) is 18.3 Å². The lowest BCUT2D eigenvalue weighted by Crippen LogP contribution is -2.15. The van der Waals surface area contributed by atoms with Crippen LogP contribution in [0.25, 0.3) is 11.0 Å². The predicted octanol–water partition coefficient (Wildman–Crippen LogP) is 3.98. The van der Waals surface area contributed by atoms with Crippen LogP contribution >= 0.6 is 11.6 Å². The molecule has 0 radical (unpaired) electrons. The Morgan fingerprint density at radius 3 is 2.69 bits per heavy atom. The van der Waals surface area contributed by atoms with Crippen molar-refractivity contribution in [2.45, 2.75) is 15.9 Å². The summed E-state index contributed by atoms with van der Waals surface area (Å²) in [6.45, 7) is 0. The van der Waals surface area contributed by atoms with Crippen molar-refractivity contribution in [1.29, 1.82) is 0 Å². The Hall–Kier alpha value is -2.75. The lowest BCUT2D eigenvalue weighted by atomic mass is 10.3. The van der Waals surface area contributed by atoms with Gasteiger partial charge < -0.3 is 4.42 Å². The second-order valence-corrected chi connectivity index (χ2v) is 9.48. The first-order chi connectivity index (χ1) is 13.9. The molecule has 3 heterocycles. The zero-order valence-electron chi connectivity index (χ0n) is 14.8. The van der Waals surface area contributed by atoms with Crippen molar-refractivity contribution in [3.05, 3.63) is 77.7 Å². The molecule has 0 bridgehead atoms. The fraction of sp³-hybridized carbons (Fsp3) is 0.0526. The third-order valence-corrected chi connectivity index (χ3v) is 6.74. The van der Waals surface area contributed by atoms with Crippen LogP contribution in [0.15, 0.2) is 81.7 Å². The van der Waals surface area contributed by atoms with Gasteiger partial charge in [-0.1, -0.05) is 35.9 Å². The molecule has 7 nitrogen and oxygen atoms in total. The summed E-state index contributed by atoms with van der Waals surface area (Å²) in [4.78, 5) is 8.07. The Bertz CT molecular complexity index is 1270. The number of furan rings is 1. The summed E-state index contributed by atoms with van der Waals surface area (Å²) in [6.07, 6.45) is 4.52. The molecule has 1 atom stereocenters. The molecule has 1 aromatic carbocycles. The molecule has 0 amide bonds. The first kappa shape index (κ1) is 19.6. The Labute approximate surface area is 174 Å². The van der Waals surface area contributed by atoms with E-state index in [0.29, 0.717) is 11.0 Å². The molecular formula is C19H14ClN3O4S2. The third-order valence-electron chi connectivity index (χ3n) is 3.97. The van der Waals surface area contributed by atoms with Crippen LogP contribution in [0, 0.1) is 0 Å². The summed E-state index contributed by atoms with van der Waals surface area (Å²) in [6, 6.07) is 13.2. The number of pyridine rings is 2. The number of rotatable bonds is 6. The van der Waals surface area contributed by atoms with Crippen molar-refractivity contribution >= 4 is 49.1 Å². The van der Waals surface area contributed by atoms with Crippen molar-refractivity contribution in [3.63, 3.8) is 0 Å². The van der Waals surface area contributed by atoms with E-state index < -0.39 is 20.8 Å². The van der Waals surface area contributed by atoms with E-state index in [2.05, 4.69) is 14.7 Å². The summed E-state index contributed by atoms with van der Waals surface area (Å²) in [5.74, 6) is 0.127. The summed E-state index contributed by atoms with van der Waals surface area (Å²) in [5, 5.41) is 0.660. The van der Waals surface area contributed by atoms with E-state index in [1.54, 1.807) is 48.8 Å². The summed E-state index contributed by atoms with van der Waals surface area (Å²) < 4.78 is 46.3. The highest BCUT2D eigenvalue weighted by atomic mass is 35.5. The van der Waals surface area contributed by atoms with Gasteiger partial charge in [-0.3, -0.25) is 13.9 Å². The van der Waals surface area contributed by atoms with Crippen LogP contribution in [-0.4, -0.2) is 22.6 Å². The van der Waals surface area contributed by atoms with Gasteiger partial charge in [0.15, 0.2) is 5.03 Å². The average molecular weight is 448 g/mol. The normalized spacial score (nSPS) is 12.7. The largest absolute Gasteiger partial charge is 0.443 e. The number of nitrogens with one attached hydrogen (secondary N) is 1. The van der Waals surface area contributed by atoms with Gasteiger partial charge >= 0.3 is 0 Å². The Balaban J connectivity index is 1.67. The van der Waals surface area contributed by atoms with Crippen LogP contribution in [0.4, 0.5) is 5.69 Å². The van der Waals surface area contributed by atoms with Crippen molar-refractivity contribution in [2.24, 2.45) is 0 Å². The van der Waals surface area contributed by atoms with E-state index in [4.69, 9.17) is 16.0 Å². The van der Waals surface area contributed by atoms with Gasteiger partial charge in [-0.15, -0.1) is 0 Å². The molecule has 0 spiro atoms. The number of aromatic nitrogens is 2. The summed E-state index contributed by atoms with van der Waals surface area (Å²) in [5.41, 5.74) is 1.20. The molecule has 3 aromatic heterocycles. The van der Waals surface area contributed by atoms with Gasteiger partial charge in [0.05, 0.1) is 27.3 Å². The smallest absolute Gasteiger partial charge is 0.295 e. The van der Waals surface area contributed by atoms with Crippen molar-refractivity contribution in [2.75, 3.05) is 4.72 Å². The van der Waals surface area contributed by atoms with E-state index in [9.17, 15) is 12.6 Å². The molecule has 0 aliphatic heterocycles. The van der Waals surface area contributed by atoms with Crippen LogP contribution in [0.3, 0.4) is 0 Å².